The van der Waals surface area contributed by atoms with Gasteiger partial charge in [0.15, 0.2) is 5.75 Å². The summed E-state index contributed by atoms with van der Waals surface area (Å²) in [5.41, 5.74) is 0. The van der Waals surface area contributed by atoms with E-state index in [0.29, 0.717) is 0 Å². The summed E-state index contributed by atoms with van der Waals surface area (Å²) in [6, 6.07) is 6.05. The van der Waals surface area contributed by atoms with Gasteiger partial charge in [-0.15, -0.1) is 0 Å². The van der Waals surface area contributed by atoms with Crippen LogP contribution in [0.5, 0.6) is 11.5 Å². The standard InChI is InChI=1S/C11H14NO6P/c13-6-5-12(7-11(15)16)8-19(17)18-10-4-2-1-3-9(10)14/h1-4,13H,5-8H2,(H-,14,15,16)/p+1. The normalized spacial score (nSPS) is 11.4. The van der Waals surface area contributed by atoms with Gasteiger partial charge in [-0.1, -0.05) is 12.1 Å². The number of nitrogens with zero attached hydrogens (tertiary/aromatic N) is 1. The van der Waals surface area contributed by atoms with Crippen molar-refractivity contribution in [1.82, 2.24) is 4.90 Å². The van der Waals surface area contributed by atoms with Crippen LogP contribution in [-0.2, 0) is 9.36 Å². The summed E-state index contributed by atoms with van der Waals surface area (Å²) in [5, 5.41) is 26.9. The lowest BCUT2D eigenvalue weighted by atomic mass is 10.3. The molecule has 1 unspecified atom stereocenters. The van der Waals surface area contributed by atoms with Crippen molar-refractivity contribution in [2.45, 2.75) is 0 Å². The minimum atomic E-state index is -2.21. The molecule has 0 amide bonds. The zero-order chi connectivity index (χ0) is 14.3. The van der Waals surface area contributed by atoms with Crippen LogP contribution >= 0.6 is 8.03 Å². The van der Waals surface area contributed by atoms with Crippen LogP contribution in [-0.4, -0.2) is 52.2 Å². The van der Waals surface area contributed by atoms with Gasteiger partial charge in [-0.25, -0.2) is 9.42 Å². The number of carboxylic acid groups (broad SMARTS) is 1. The fraction of sp³-hybridized carbons (Fsp3) is 0.364. The molecule has 1 aromatic rings. The van der Waals surface area contributed by atoms with E-state index in [4.69, 9.17) is 14.7 Å². The zero-order valence-corrected chi connectivity index (χ0v) is 11.0. The molecule has 0 spiro atoms. The van der Waals surface area contributed by atoms with Crippen LogP contribution in [0.25, 0.3) is 0 Å². The summed E-state index contributed by atoms with van der Waals surface area (Å²) in [6.07, 6.45) is -0.142. The number of aliphatic hydroxyl groups excluding tert-OH is 1. The first-order valence-electron chi connectivity index (χ1n) is 5.48. The summed E-state index contributed by atoms with van der Waals surface area (Å²) in [5.74, 6) is -1.15. The van der Waals surface area contributed by atoms with Crippen molar-refractivity contribution < 1.29 is 29.2 Å². The lowest BCUT2D eigenvalue weighted by molar-refractivity contribution is -0.138. The fourth-order valence-corrected chi connectivity index (χ4v) is 2.37. The van der Waals surface area contributed by atoms with Crippen LogP contribution in [0.4, 0.5) is 0 Å². The van der Waals surface area contributed by atoms with Gasteiger partial charge in [0.25, 0.3) is 0 Å². The molecule has 0 bridgehead atoms. The first kappa shape index (κ1) is 15.4. The summed E-state index contributed by atoms with van der Waals surface area (Å²) in [7, 11) is -2.21. The van der Waals surface area contributed by atoms with Crippen molar-refractivity contribution in [2.24, 2.45) is 0 Å². The van der Waals surface area contributed by atoms with Gasteiger partial charge in [-0.2, -0.15) is 0 Å². The Morgan fingerprint density at radius 2 is 2.05 bits per heavy atom. The molecule has 1 rings (SSSR count). The molecule has 0 heterocycles. The van der Waals surface area contributed by atoms with E-state index >= 15 is 0 Å². The highest BCUT2D eigenvalue weighted by molar-refractivity contribution is 7.39. The quantitative estimate of drug-likeness (QED) is 0.609. The Kier molecular flexibility index (Phi) is 6.21. The van der Waals surface area contributed by atoms with Crippen LogP contribution in [0.1, 0.15) is 0 Å². The Morgan fingerprint density at radius 1 is 1.37 bits per heavy atom. The highest BCUT2D eigenvalue weighted by atomic mass is 31.1. The average Bonchev–Trinajstić information content (AvgIpc) is 2.31. The number of rotatable bonds is 8. The molecule has 104 valence electrons. The van der Waals surface area contributed by atoms with Gasteiger partial charge in [0.2, 0.25) is 12.0 Å². The molecule has 1 aromatic carbocycles. The van der Waals surface area contributed by atoms with Crippen LogP contribution in [0.2, 0.25) is 0 Å². The van der Waals surface area contributed by atoms with Gasteiger partial charge in [0.1, 0.15) is 6.54 Å². The van der Waals surface area contributed by atoms with Crippen molar-refractivity contribution in [1.29, 1.82) is 0 Å². The van der Waals surface area contributed by atoms with Crippen LogP contribution < -0.4 is 4.52 Å². The molecule has 19 heavy (non-hydrogen) atoms. The number of para-hydroxylation sites is 2. The van der Waals surface area contributed by atoms with Crippen LogP contribution in [0.15, 0.2) is 24.3 Å². The Bertz CT molecular complexity index is 453. The Balaban J connectivity index is 2.57. The monoisotopic (exact) mass is 288 g/mol. The third-order valence-corrected chi connectivity index (χ3v) is 3.19. The summed E-state index contributed by atoms with van der Waals surface area (Å²) < 4.78 is 16.8. The molecule has 7 nitrogen and oxygen atoms in total. The van der Waals surface area contributed by atoms with E-state index < -0.39 is 14.0 Å². The number of aliphatic carboxylic acids is 1. The van der Waals surface area contributed by atoms with Gasteiger partial charge in [0, 0.05) is 6.54 Å². The molecule has 0 saturated heterocycles. The van der Waals surface area contributed by atoms with E-state index in [0.717, 1.165) is 0 Å². The average molecular weight is 288 g/mol. The van der Waals surface area contributed by atoms with Crippen molar-refractivity contribution in [2.75, 3.05) is 26.0 Å². The topological polar surface area (TPSA) is 107 Å². The van der Waals surface area contributed by atoms with Crippen molar-refractivity contribution in [3.8, 4) is 11.5 Å². The largest absolute Gasteiger partial charge is 0.572 e. The Labute approximate surface area is 110 Å². The smallest absolute Gasteiger partial charge is 0.504 e. The van der Waals surface area contributed by atoms with Gasteiger partial charge in [0.05, 0.1) is 6.61 Å². The number of aliphatic hydroxyl groups is 1. The molecule has 0 aliphatic rings. The molecular weight excluding hydrogens is 273 g/mol. The highest BCUT2D eigenvalue weighted by Crippen LogP contribution is 2.33. The lowest BCUT2D eigenvalue weighted by Crippen LogP contribution is -2.32. The zero-order valence-electron chi connectivity index (χ0n) is 10.1. The molecule has 0 fully saturated rings. The van der Waals surface area contributed by atoms with Gasteiger partial charge >= 0.3 is 14.0 Å². The second kappa shape index (κ2) is 7.68. The van der Waals surface area contributed by atoms with Gasteiger partial charge in [-0.3, -0.25) is 4.79 Å². The van der Waals surface area contributed by atoms with Crippen molar-refractivity contribution in [3.05, 3.63) is 24.3 Å². The fourth-order valence-electron chi connectivity index (χ4n) is 1.37. The number of hydrogen-bond acceptors (Lipinski definition) is 6. The number of carboxylic acids is 1. The SMILES string of the molecule is O=C(O)CN(CCO)C[P+](=O)Oc1ccccc1O. The maximum Gasteiger partial charge on any atom is 0.572 e. The van der Waals surface area contributed by atoms with Crippen LogP contribution in [0, 0.1) is 0 Å². The van der Waals surface area contributed by atoms with Crippen molar-refractivity contribution >= 4 is 14.0 Å². The molecule has 1 atom stereocenters. The predicted octanol–water partition coefficient (Wildman–Crippen LogP) is 0.850. The number of hydrogen-bond donors (Lipinski definition) is 3. The van der Waals surface area contributed by atoms with Crippen molar-refractivity contribution in [3.63, 3.8) is 0 Å². The number of benzene rings is 1. The predicted molar refractivity (Wildman–Crippen MR) is 67.5 cm³/mol. The molecule has 3 N–H and O–H groups in total. The Hall–Kier alpha value is -1.69. The van der Waals surface area contributed by atoms with Gasteiger partial charge in [-0.05, 0) is 16.7 Å². The summed E-state index contributed by atoms with van der Waals surface area (Å²) >= 11 is 0. The molecule has 8 heteroatoms. The molecule has 0 aliphatic heterocycles. The minimum Gasteiger partial charge on any atom is -0.504 e. The molecule has 0 aliphatic carbocycles. The van der Waals surface area contributed by atoms with E-state index in [9.17, 15) is 14.5 Å². The Morgan fingerprint density at radius 3 is 2.63 bits per heavy atom. The first-order chi connectivity index (χ1) is 9.02. The van der Waals surface area contributed by atoms with E-state index in [1.54, 1.807) is 12.1 Å². The number of phenols is 1. The first-order valence-corrected chi connectivity index (χ1v) is 6.85. The highest BCUT2D eigenvalue weighted by Gasteiger charge is 2.26. The van der Waals surface area contributed by atoms with E-state index in [-0.39, 0.29) is 37.5 Å². The minimum absolute atomic E-state index is 0.0721. The number of phenolic OH excluding ortho intramolecular Hbond substituents is 1. The third kappa shape index (κ3) is 5.65. The van der Waals surface area contributed by atoms with E-state index in [1.165, 1.54) is 17.0 Å². The maximum absolute atomic E-state index is 11.7. The van der Waals surface area contributed by atoms with E-state index in [1.807, 2.05) is 0 Å². The summed E-state index contributed by atoms with van der Waals surface area (Å²) in [4.78, 5) is 11.9. The summed E-state index contributed by atoms with van der Waals surface area (Å²) in [6.45, 7) is -0.504. The van der Waals surface area contributed by atoms with Crippen LogP contribution in [0.3, 0.4) is 0 Å². The second-order valence-electron chi connectivity index (χ2n) is 3.70. The van der Waals surface area contributed by atoms with E-state index in [2.05, 4.69) is 0 Å². The molecule has 0 radical (unpaired) electrons. The van der Waals surface area contributed by atoms with Gasteiger partial charge < -0.3 is 15.3 Å². The molecule has 0 aromatic heterocycles. The maximum atomic E-state index is 11.7. The third-order valence-electron chi connectivity index (χ3n) is 2.16. The number of carbonyl (C=O) groups is 1. The molecule has 0 saturated carbocycles. The number of aromatic hydroxyl groups is 1. The molecular formula is C11H15NO6P+. The lowest BCUT2D eigenvalue weighted by Gasteiger charge is -2.12. The second-order valence-corrected chi connectivity index (χ2v) is 4.83.